The first-order valence-corrected chi connectivity index (χ1v) is 6.94. The number of nitrogens with zero attached hydrogens (tertiary/aromatic N) is 2. The Bertz CT molecular complexity index is 623. The molecule has 20 heavy (non-hydrogen) atoms. The van der Waals surface area contributed by atoms with Crippen LogP contribution in [0.4, 0.5) is 0 Å². The van der Waals surface area contributed by atoms with Crippen molar-refractivity contribution in [2.24, 2.45) is 0 Å². The number of carboxylic acids is 1. The van der Waals surface area contributed by atoms with Crippen LogP contribution in [0.2, 0.25) is 0 Å². The van der Waals surface area contributed by atoms with Crippen LogP contribution in [-0.2, 0) is 6.61 Å². The molecule has 0 aliphatic heterocycles. The van der Waals surface area contributed by atoms with Gasteiger partial charge in [-0.2, -0.15) is 0 Å². The van der Waals surface area contributed by atoms with E-state index < -0.39 is 5.97 Å². The summed E-state index contributed by atoms with van der Waals surface area (Å²) in [5.74, 6) is -0.670. The van der Waals surface area contributed by atoms with Crippen molar-refractivity contribution in [3.63, 3.8) is 0 Å². The van der Waals surface area contributed by atoms with Gasteiger partial charge in [-0.25, -0.2) is 9.78 Å². The second-order valence-corrected chi connectivity index (χ2v) is 5.54. The second kappa shape index (κ2) is 6.09. The molecule has 0 spiro atoms. The van der Waals surface area contributed by atoms with Crippen molar-refractivity contribution in [1.82, 2.24) is 9.55 Å². The largest absolute Gasteiger partial charge is 0.486 e. The van der Waals surface area contributed by atoms with Gasteiger partial charge in [0.25, 0.3) is 0 Å². The standard InChI is InChI=1S/C14H15BrN2O3/c1-9(2)17-8-16-6-11(17)7-20-13-4-3-10(15)5-12(13)14(18)19/h3-6,8-9H,7H2,1-2H3,(H,18,19). The van der Waals surface area contributed by atoms with E-state index in [2.05, 4.69) is 20.9 Å². The lowest BCUT2D eigenvalue weighted by Gasteiger charge is -2.13. The topological polar surface area (TPSA) is 64.4 Å². The predicted molar refractivity (Wildman–Crippen MR) is 78.0 cm³/mol. The zero-order chi connectivity index (χ0) is 14.7. The lowest BCUT2D eigenvalue weighted by atomic mass is 10.2. The number of benzene rings is 1. The second-order valence-electron chi connectivity index (χ2n) is 4.62. The van der Waals surface area contributed by atoms with Gasteiger partial charge in [-0.15, -0.1) is 0 Å². The molecule has 0 bridgehead atoms. The van der Waals surface area contributed by atoms with Gasteiger partial charge in [-0.1, -0.05) is 15.9 Å². The molecule has 0 aliphatic carbocycles. The summed E-state index contributed by atoms with van der Waals surface area (Å²) in [7, 11) is 0. The van der Waals surface area contributed by atoms with E-state index in [1.54, 1.807) is 24.7 Å². The van der Waals surface area contributed by atoms with E-state index in [4.69, 9.17) is 4.74 Å². The molecule has 1 heterocycles. The van der Waals surface area contributed by atoms with Gasteiger partial charge in [0.05, 0.1) is 18.2 Å². The van der Waals surface area contributed by atoms with Gasteiger partial charge >= 0.3 is 5.97 Å². The number of ether oxygens (including phenoxy) is 1. The molecule has 1 aromatic heterocycles. The highest BCUT2D eigenvalue weighted by molar-refractivity contribution is 9.10. The van der Waals surface area contributed by atoms with Gasteiger partial charge in [-0.3, -0.25) is 0 Å². The first-order valence-electron chi connectivity index (χ1n) is 6.15. The maximum atomic E-state index is 11.2. The fourth-order valence-electron chi connectivity index (χ4n) is 1.86. The normalized spacial score (nSPS) is 10.8. The molecule has 1 N–H and O–H groups in total. The highest BCUT2D eigenvalue weighted by atomic mass is 79.9. The lowest BCUT2D eigenvalue weighted by Crippen LogP contribution is -2.09. The third-order valence-corrected chi connectivity index (χ3v) is 3.34. The number of halogens is 1. The Morgan fingerprint density at radius 1 is 1.50 bits per heavy atom. The summed E-state index contributed by atoms with van der Waals surface area (Å²) in [6.45, 7) is 4.38. The van der Waals surface area contributed by atoms with Crippen LogP contribution in [-0.4, -0.2) is 20.6 Å². The zero-order valence-corrected chi connectivity index (χ0v) is 12.8. The predicted octanol–water partition coefficient (Wildman–Crippen LogP) is 3.50. The van der Waals surface area contributed by atoms with Crippen molar-refractivity contribution < 1.29 is 14.6 Å². The Kier molecular flexibility index (Phi) is 4.44. The van der Waals surface area contributed by atoms with Crippen molar-refractivity contribution in [3.8, 4) is 5.75 Å². The summed E-state index contributed by atoms with van der Waals surface area (Å²) < 4.78 is 8.31. The van der Waals surface area contributed by atoms with Gasteiger partial charge < -0.3 is 14.4 Å². The molecule has 0 saturated heterocycles. The van der Waals surface area contributed by atoms with Gasteiger partial charge in [0.2, 0.25) is 0 Å². The van der Waals surface area contributed by atoms with Crippen LogP contribution in [0.15, 0.2) is 35.2 Å². The molecule has 5 nitrogen and oxygen atoms in total. The highest BCUT2D eigenvalue weighted by Gasteiger charge is 2.13. The van der Waals surface area contributed by atoms with Crippen molar-refractivity contribution in [3.05, 3.63) is 46.5 Å². The summed E-state index contributed by atoms with van der Waals surface area (Å²) in [5.41, 5.74) is 1.04. The number of aromatic carboxylic acids is 1. The Balaban J connectivity index is 2.19. The Hall–Kier alpha value is -1.82. The van der Waals surface area contributed by atoms with E-state index in [9.17, 15) is 9.90 Å². The van der Waals surface area contributed by atoms with E-state index in [-0.39, 0.29) is 18.2 Å². The molecule has 0 aliphatic rings. The molecular formula is C14H15BrN2O3. The summed E-state index contributed by atoms with van der Waals surface area (Å²) in [6.07, 6.45) is 3.46. The van der Waals surface area contributed by atoms with Crippen molar-refractivity contribution in [1.29, 1.82) is 0 Å². The highest BCUT2D eigenvalue weighted by Crippen LogP contribution is 2.24. The molecule has 2 aromatic rings. The average Bonchev–Trinajstić information content (AvgIpc) is 2.85. The minimum Gasteiger partial charge on any atom is -0.486 e. The fourth-order valence-corrected chi connectivity index (χ4v) is 2.22. The fraction of sp³-hybridized carbons (Fsp3) is 0.286. The Labute approximate surface area is 125 Å². The lowest BCUT2D eigenvalue weighted by molar-refractivity contribution is 0.0691. The van der Waals surface area contributed by atoms with E-state index in [0.717, 1.165) is 5.69 Å². The van der Waals surface area contributed by atoms with Crippen molar-refractivity contribution in [2.75, 3.05) is 0 Å². The average molecular weight is 339 g/mol. The molecule has 2 rings (SSSR count). The molecule has 1 aromatic carbocycles. The number of carboxylic acid groups (broad SMARTS) is 1. The summed E-state index contributed by atoms with van der Waals surface area (Å²) >= 11 is 3.25. The van der Waals surface area contributed by atoms with E-state index in [1.165, 1.54) is 6.07 Å². The number of rotatable bonds is 5. The maximum absolute atomic E-state index is 11.2. The molecule has 0 unspecified atom stereocenters. The molecule has 106 valence electrons. The molecule has 6 heteroatoms. The molecule has 0 radical (unpaired) electrons. The number of imidazole rings is 1. The first-order chi connectivity index (χ1) is 9.49. The molecular weight excluding hydrogens is 324 g/mol. The minimum atomic E-state index is -1.02. The van der Waals surface area contributed by atoms with Crippen molar-refractivity contribution >= 4 is 21.9 Å². The number of aromatic nitrogens is 2. The summed E-state index contributed by atoms with van der Waals surface area (Å²) in [4.78, 5) is 15.3. The van der Waals surface area contributed by atoms with E-state index in [1.807, 2.05) is 18.4 Å². The maximum Gasteiger partial charge on any atom is 0.339 e. The van der Waals surface area contributed by atoms with E-state index in [0.29, 0.717) is 10.2 Å². The van der Waals surface area contributed by atoms with E-state index >= 15 is 0 Å². The number of hydrogen-bond donors (Lipinski definition) is 1. The summed E-state index contributed by atoms with van der Waals surface area (Å²) in [6, 6.07) is 5.20. The number of hydrogen-bond acceptors (Lipinski definition) is 3. The van der Waals surface area contributed by atoms with Crippen LogP contribution in [0.5, 0.6) is 5.75 Å². The van der Waals surface area contributed by atoms with Crippen LogP contribution in [0, 0.1) is 0 Å². The molecule has 0 amide bonds. The SMILES string of the molecule is CC(C)n1cncc1COc1ccc(Br)cc1C(=O)O. The van der Waals surface area contributed by atoms with Crippen LogP contribution in [0.25, 0.3) is 0 Å². The zero-order valence-electron chi connectivity index (χ0n) is 11.2. The minimum absolute atomic E-state index is 0.134. The van der Waals surface area contributed by atoms with Gasteiger partial charge in [0, 0.05) is 10.5 Å². The quantitative estimate of drug-likeness (QED) is 0.905. The van der Waals surface area contributed by atoms with Gasteiger partial charge in [0.1, 0.15) is 17.9 Å². The van der Waals surface area contributed by atoms with Crippen LogP contribution in [0.1, 0.15) is 35.9 Å². The van der Waals surface area contributed by atoms with Gasteiger partial charge in [0.15, 0.2) is 0 Å². The van der Waals surface area contributed by atoms with Crippen LogP contribution in [0.3, 0.4) is 0 Å². The first kappa shape index (κ1) is 14.6. The monoisotopic (exact) mass is 338 g/mol. The smallest absolute Gasteiger partial charge is 0.339 e. The molecule has 0 saturated carbocycles. The molecule has 0 atom stereocenters. The molecule has 0 fully saturated rings. The van der Waals surface area contributed by atoms with Gasteiger partial charge in [-0.05, 0) is 32.0 Å². The Morgan fingerprint density at radius 2 is 2.25 bits per heavy atom. The van der Waals surface area contributed by atoms with Crippen LogP contribution >= 0.6 is 15.9 Å². The number of carbonyl (C=O) groups is 1. The third kappa shape index (κ3) is 3.19. The third-order valence-electron chi connectivity index (χ3n) is 2.85. The Morgan fingerprint density at radius 3 is 2.90 bits per heavy atom. The van der Waals surface area contributed by atoms with Crippen molar-refractivity contribution in [2.45, 2.75) is 26.5 Å². The van der Waals surface area contributed by atoms with Crippen LogP contribution < -0.4 is 4.74 Å². The summed E-state index contributed by atoms with van der Waals surface area (Å²) in [5, 5.41) is 9.17.